The lowest BCUT2D eigenvalue weighted by Crippen LogP contribution is -2.19. The molecule has 98 valence electrons. The fourth-order valence-electron chi connectivity index (χ4n) is 2.66. The summed E-state index contributed by atoms with van der Waals surface area (Å²) < 4.78 is 5.73. The predicted octanol–water partition coefficient (Wildman–Crippen LogP) is 3.59. The van der Waals surface area contributed by atoms with Crippen molar-refractivity contribution in [1.29, 1.82) is 0 Å². The van der Waals surface area contributed by atoms with E-state index in [1.165, 1.54) is 25.7 Å². The van der Waals surface area contributed by atoms with E-state index in [1.54, 1.807) is 0 Å². The lowest BCUT2D eigenvalue weighted by atomic mass is 10.0. The lowest BCUT2D eigenvalue weighted by molar-refractivity contribution is 0.0692. The fraction of sp³-hybridized carbons (Fsp3) is 0.692. The Bertz CT molecular complexity index is 417. The first-order chi connectivity index (χ1) is 8.83. The minimum Gasteiger partial charge on any atom is -0.368 e. The quantitative estimate of drug-likeness (QED) is 0.778. The molecule has 0 bridgehead atoms. The van der Waals surface area contributed by atoms with Crippen LogP contribution in [0.2, 0.25) is 5.15 Å². The van der Waals surface area contributed by atoms with E-state index in [-0.39, 0.29) is 6.10 Å². The zero-order chi connectivity index (χ0) is 12.4. The van der Waals surface area contributed by atoms with Crippen molar-refractivity contribution in [2.45, 2.75) is 37.7 Å². The number of hydrogen-bond donors (Lipinski definition) is 0. The molecule has 2 fully saturated rings. The van der Waals surface area contributed by atoms with Gasteiger partial charge in [-0.05, 0) is 18.9 Å². The van der Waals surface area contributed by atoms with Gasteiger partial charge in [0, 0.05) is 23.1 Å². The monoisotopic (exact) mass is 284 g/mol. The maximum absolute atomic E-state index is 6.13. The smallest absolute Gasteiger partial charge is 0.159 e. The van der Waals surface area contributed by atoms with E-state index < -0.39 is 0 Å². The first-order valence-corrected chi connectivity index (χ1v) is 8.10. The molecule has 1 aliphatic carbocycles. The summed E-state index contributed by atoms with van der Waals surface area (Å²) in [5.41, 5.74) is 1.11. The van der Waals surface area contributed by atoms with E-state index in [9.17, 15) is 0 Å². The Kier molecular flexibility index (Phi) is 4.07. The number of hydrogen-bond acceptors (Lipinski definition) is 4. The SMILES string of the molecule is Clc1cc(C2CCCC2)nc(C2CSCCO2)n1. The molecule has 3 nitrogen and oxygen atoms in total. The highest BCUT2D eigenvalue weighted by Gasteiger charge is 2.24. The van der Waals surface area contributed by atoms with Gasteiger partial charge in [-0.15, -0.1) is 0 Å². The van der Waals surface area contributed by atoms with Crippen LogP contribution in [0.25, 0.3) is 0 Å². The second-order valence-corrected chi connectivity index (χ2v) is 6.43. The third-order valence-corrected chi connectivity index (χ3v) is 4.80. The Morgan fingerprint density at radius 3 is 2.83 bits per heavy atom. The summed E-state index contributed by atoms with van der Waals surface area (Å²) in [5.74, 6) is 3.34. The molecule has 1 saturated carbocycles. The largest absolute Gasteiger partial charge is 0.368 e. The molecule has 0 N–H and O–H groups in total. The maximum atomic E-state index is 6.13. The van der Waals surface area contributed by atoms with Gasteiger partial charge in [0.15, 0.2) is 5.82 Å². The number of ether oxygens (including phenoxy) is 1. The molecule has 2 heterocycles. The fourth-order valence-corrected chi connectivity index (χ4v) is 3.70. The summed E-state index contributed by atoms with van der Waals surface area (Å²) in [4.78, 5) is 9.05. The second kappa shape index (κ2) is 5.76. The van der Waals surface area contributed by atoms with E-state index >= 15 is 0 Å². The van der Waals surface area contributed by atoms with Crippen LogP contribution in [0, 0.1) is 0 Å². The Balaban J connectivity index is 1.84. The van der Waals surface area contributed by atoms with Crippen LogP contribution in [0.3, 0.4) is 0 Å². The van der Waals surface area contributed by atoms with Crippen molar-refractivity contribution >= 4 is 23.4 Å². The maximum Gasteiger partial charge on any atom is 0.159 e. The van der Waals surface area contributed by atoms with Crippen LogP contribution in [0.5, 0.6) is 0 Å². The standard InChI is InChI=1S/C13H17ClN2OS/c14-12-7-10(9-3-1-2-4-9)15-13(16-12)11-8-18-6-5-17-11/h7,9,11H,1-6,8H2. The molecule has 1 aliphatic heterocycles. The molecule has 1 unspecified atom stereocenters. The molecule has 1 saturated heterocycles. The highest BCUT2D eigenvalue weighted by molar-refractivity contribution is 7.99. The van der Waals surface area contributed by atoms with Gasteiger partial charge in [0.2, 0.25) is 0 Å². The predicted molar refractivity (Wildman–Crippen MR) is 74.3 cm³/mol. The molecule has 0 amide bonds. The Morgan fingerprint density at radius 1 is 1.28 bits per heavy atom. The van der Waals surface area contributed by atoms with Crippen LogP contribution in [0.1, 0.15) is 49.2 Å². The third kappa shape index (κ3) is 2.81. The number of nitrogens with zero attached hydrogens (tertiary/aromatic N) is 2. The van der Waals surface area contributed by atoms with Gasteiger partial charge >= 0.3 is 0 Å². The third-order valence-electron chi connectivity index (χ3n) is 3.61. The van der Waals surface area contributed by atoms with Crippen LogP contribution in [0.15, 0.2) is 6.07 Å². The van der Waals surface area contributed by atoms with Crippen molar-refractivity contribution in [3.8, 4) is 0 Å². The Morgan fingerprint density at radius 2 is 2.11 bits per heavy atom. The summed E-state index contributed by atoms with van der Waals surface area (Å²) in [7, 11) is 0. The summed E-state index contributed by atoms with van der Waals surface area (Å²) in [6.07, 6.45) is 5.08. The Hall–Kier alpha value is -0.320. The first-order valence-electron chi connectivity index (χ1n) is 6.56. The summed E-state index contributed by atoms with van der Waals surface area (Å²) in [6.45, 7) is 0.782. The number of halogens is 1. The van der Waals surface area contributed by atoms with Crippen LogP contribution in [0.4, 0.5) is 0 Å². The van der Waals surface area contributed by atoms with Crippen molar-refractivity contribution in [2.75, 3.05) is 18.1 Å². The molecule has 0 radical (unpaired) electrons. The molecule has 5 heteroatoms. The lowest BCUT2D eigenvalue weighted by Gasteiger charge is -2.22. The van der Waals surface area contributed by atoms with Crippen molar-refractivity contribution in [2.24, 2.45) is 0 Å². The zero-order valence-corrected chi connectivity index (χ0v) is 11.8. The number of thioether (sulfide) groups is 1. The molecule has 0 spiro atoms. The number of aromatic nitrogens is 2. The van der Waals surface area contributed by atoms with Crippen molar-refractivity contribution < 1.29 is 4.74 Å². The van der Waals surface area contributed by atoms with Gasteiger partial charge < -0.3 is 4.74 Å². The van der Waals surface area contributed by atoms with E-state index in [4.69, 9.17) is 21.3 Å². The molecule has 3 rings (SSSR count). The van der Waals surface area contributed by atoms with Crippen molar-refractivity contribution in [1.82, 2.24) is 9.97 Å². The van der Waals surface area contributed by atoms with Gasteiger partial charge in [0.05, 0.1) is 6.61 Å². The average molecular weight is 285 g/mol. The van der Waals surface area contributed by atoms with Crippen LogP contribution >= 0.6 is 23.4 Å². The summed E-state index contributed by atoms with van der Waals surface area (Å²) >= 11 is 8.03. The Labute approximate surface area is 117 Å². The van der Waals surface area contributed by atoms with E-state index in [2.05, 4.69) is 4.98 Å². The van der Waals surface area contributed by atoms with E-state index in [0.717, 1.165) is 29.6 Å². The first kappa shape index (κ1) is 12.7. The topological polar surface area (TPSA) is 35.0 Å². The van der Waals surface area contributed by atoms with Gasteiger partial charge in [0.1, 0.15) is 11.3 Å². The summed E-state index contributed by atoms with van der Waals surface area (Å²) in [6, 6.07) is 1.93. The molecular weight excluding hydrogens is 268 g/mol. The minimum absolute atomic E-state index is 0.0163. The average Bonchev–Trinajstić information content (AvgIpc) is 2.93. The van der Waals surface area contributed by atoms with Gasteiger partial charge in [-0.1, -0.05) is 24.4 Å². The molecule has 1 atom stereocenters. The second-order valence-electron chi connectivity index (χ2n) is 4.89. The molecular formula is C13H17ClN2OS. The van der Waals surface area contributed by atoms with Gasteiger partial charge in [-0.3, -0.25) is 0 Å². The molecule has 2 aliphatic rings. The molecule has 0 aromatic carbocycles. The van der Waals surface area contributed by atoms with Crippen LogP contribution in [-0.4, -0.2) is 28.1 Å². The molecule has 1 aromatic rings. The van der Waals surface area contributed by atoms with E-state index in [0.29, 0.717) is 11.1 Å². The highest BCUT2D eigenvalue weighted by atomic mass is 35.5. The molecule has 1 aromatic heterocycles. The zero-order valence-electron chi connectivity index (χ0n) is 10.3. The highest BCUT2D eigenvalue weighted by Crippen LogP contribution is 2.34. The normalized spacial score (nSPS) is 25.5. The van der Waals surface area contributed by atoms with Crippen LogP contribution < -0.4 is 0 Å². The van der Waals surface area contributed by atoms with Gasteiger partial charge in [-0.2, -0.15) is 11.8 Å². The minimum atomic E-state index is 0.0163. The van der Waals surface area contributed by atoms with Crippen molar-refractivity contribution in [3.63, 3.8) is 0 Å². The van der Waals surface area contributed by atoms with Gasteiger partial charge in [-0.25, -0.2) is 9.97 Å². The van der Waals surface area contributed by atoms with Crippen molar-refractivity contribution in [3.05, 3.63) is 22.7 Å². The van der Waals surface area contributed by atoms with Gasteiger partial charge in [0.25, 0.3) is 0 Å². The van der Waals surface area contributed by atoms with Crippen LogP contribution in [-0.2, 0) is 4.74 Å². The summed E-state index contributed by atoms with van der Waals surface area (Å²) in [5, 5.41) is 0.557. The van der Waals surface area contributed by atoms with E-state index in [1.807, 2.05) is 17.8 Å². The number of rotatable bonds is 2. The molecule has 18 heavy (non-hydrogen) atoms.